The summed E-state index contributed by atoms with van der Waals surface area (Å²) in [7, 11) is 0. The largest absolute Gasteiger partial charge is 0.309 e. The van der Waals surface area contributed by atoms with Gasteiger partial charge in [0.25, 0.3) is 0 Å². The first-order chi connectivity index (χ1) is 24.7. The summed E-state index contributed by atoms with van der Waals surface area (Å²) >= 11 is 0. The molecule has 0 N–H and O–H groups in total. The van der Waals surface area contributed by atoms with Gasteiger partial charge in [-0.25, -0.2) is 0 Å². The summed E-state index contributed by atoms with van der Waals surface area (Å²) < 4.78 is 4.46. The van der Waals surface area contributed by atoms with E-state index in [1.807, 2.05) is 84.9 Å². The number of rotatable bonds is 4. The molecule has 0 saturated carbocycles. The predicted molar refractivity (Wildman–Crippen MR) is 200 cm³/mol. The molecule has 7 aromatic carbocycles. The number of nitrogens with zero attached hydrogens (tertiary/aromatic N) is 5. The van der Waals surface area contributed by atoms with Gasteiger partial charge in [-0.2, -0.15) is 15.8 Å². The standard InChI is InChI=1S/C45H25N5/c46-26-29-19-20-43-39(23-29)37-13-2-5-16-41(37)50(43)40-15-4-1-12-36(40)34-22-30(27-47)21-33(24-34)31-9-7-11-35(25-31)49-42-17-6-3-14-38(42)45-32(28-48)10-8-18-44(45)49/h1-25H. The lowest BCUT2D eigenvalue weighted by Crippen LogP contribution is -1.98. The van der Waals surface area contributed by atoms with Gasteiger partial charge in [-0.3, -0.25) is 0 Å². The summed E-state index contributed by atoms with van der Waals surface area (Å²) in [6.07, 6.45) is 0. The fourth-order valence-corrected chi connectivity index (χ4v) is 7.44. The third-order valence-electron chi connectivity index (χ3n) is 9.58. The molecule has 0 amide bonds. The van der Waals surface area contributed by atoms with Crippen molar-refractivity contribution in [2.24, 2.45) is 0 Å². The van der Waals surface area contributed by atoms with Crippen LogP contribution in [0.2, 0.25) is 0 Å². The second kappa shape index (κ2) is 11.4. The molecule has 0 unspecified atom stereocenters. The van der Waals surface area contributed by atoms with Crippen molar-refractivity contribution in [3.05, 3.63) is 168 Å². The number of aromatic nitrogens is 2. The van der Waals surface area contributed by atoms with Crippen LogP contribution in [0, 0.1) is 34.0 Å². The van der Waals surface area contributed by atoms with Crippen molar-refractivity contribution >= 4 is 43.6 Å². The third kappa shape index (κ3) is 4.38. The van der Waals surface area contributed by atoms with E-state index in [0.717, 1.165) is 77.2 Å². The molecule has 9 aromatic rings. The van der Waals surface area contributed by atoms with Crippen LogP contribution in [0.15, 0.2) is 152 Å². The SMILES string of the molecule is N#Cc1cc(-c2cccc(-n3c4ccccc4c4c(C#N)cccc43)c2)cc(-c2ccccc2-n2c3ccccc3c3cc(C#N)ccc32)c1. The van der Waals surface area contributed by atoms with Crippen molar-refractivity contribution in [3.8, 4) is 51.8 Å². The number of fused-ring (bicyclic) bond motifs is 6. The molecule has 50 heavy (non-hydrogen) atoms. The Morgan fingerprint density at radius 1 is 0.400 bits per heavy atom. The van der Waals surface area contributed by atoms with Crippen LogP contribution in [0.3, 0.4) is 0 Å². The smallest absolute Gasteiger partial charge is 0.0998 e. The molecule has 0 bridgehead atoms. The van der Waals surface area contributed by atoms with E-state index >= 15 is 0 Å². The Kier molecular flexibility index (Phi) is 6.56. The topological polar surface area (TPSA) is 81.2 Å². The molecular weight excluding hydrogens is 611 g/mol. The number of benzene rings is 7. The van der Waals surface area contributed by atoms with Crippen LogP contribution >= 0.6 is 0 Å². The quantitative estimate of drug-likeness (QED) is 0.193. The zero-order chi connectivity index (χ0) is 33.8. The van der Waals surface area contributed by atoms with Gasteiger partial charge >= 0.3 is 0 Å². The minimum absolute atomic E-state index is 0.564. The van der Waals surface area contributed by atoms with Crippen LogP contribution < -0.4 is 0 Å². The van der Waals surface area contributed by atoms with Crippen LogP contribution in [0.4, 0.5) is 0 Å². The first kappa shape index (κ1) is 28.8. The normalized spacial score (nSPS) is 11.1. The molecule has 0 saturated heterocycles. The maximum atomic E-state index is 10.2. The lowest BCUT2D eigenvalue weighted by atomic mass is 9.95. The molecule has 5 nitrogen and oxygen atoms in total. The van der Waals surface area contributed by atoms with Gasteiger partial charge in [-0.15, -0.1) is 0 Å². The second-order valence-corrected chi connectivity index (χ2v) is 12.3. The van der Waals surface area contributed by atoms with E-state index in [1.54, 1.807) is 0 Å². The molecule has 5 heteroatoms. The second-order valence-electron chi connectivity index (χ2n) is 12.3. The van der Waals surface area contributed by atoms with Crippen molar-refractivity contribution in [3.63, 3.8) is 0 Å². The molecule has 0 aliphatic carbocycles. The Bertz CT molecular complexity index is 2970. The Morgan fingerprint density at radius 2 is 1.08 bits per heavy atom. The summed E-state index contributed by atoms with van der Waals surface area (Å²) in [5.41, 5.74) is 11.6. The molecule has 9 rings (SSSR count). The number of hydrogen-bond acceptors (Lipinski definition) is 3. The van der Waals surface area contributed by atoms with Crippen molar-refractivity contribution in [2.75, 3.05) is 0 Å². The van der Waals surface area contributed by atoms with Gasteiger partial charge in [0.15, 0.2) is 0 Å². The van der Waals surface area contributed by atoms with Gasteiger partial charge in [-0.1, -0.05) is 72.8 Å². The highest BCUT2D eigenvalue weighted by Gasteiger charge is 2.18. The summed E-state index contributed by atoms with van der Waals surface area (Å²) in [6, 6.07) is 57.8. The van der Waals surface area contributed by atoms with E-state index in [9.17, 15) is 15.8 Å². The number of nitriles is 3. The van der Waals surface area contributed by atoms with Gasteiger partial charge < -0.3 is 9.13 Å². The van der Waals surface area contributed by atoms with Gasteiger partial charge in [0, 0.05) is 32.8 Å². The highest BCUT2D eigenvalue weighted by molar-refractivity contribution is 6.12. The molecule has 2 heterocycles. The van der Waals surface area contributed by atoms with Crippen LogP contribution in [0.25, 0.3) is 77.2 Å². The fourth-order valence-electron chi connectivity index (χ4n) is 7.44. The minimum Gasteiger partial charge on any atom is -0.309 e. The summed E-state index contributed by atoms with van der Waals surface area (Å²) in [5.74, 6) is 0. The Hall–Kier alpha value is -7.39. The lowest BCUT2D eigenvalue weighted by Gasteiger charge is -2.16. The van der Waals surface area contributed by atoms with E-state index in [2.05, 4.69) is 94.1 Å². The summed E-state index contributed by atoms with van der Waals surface area (Å²) in [4.78, 5) is 0. The molecule has 2 aromatic heterocycles. The van der Waals surface area contributed by atoms with Crippen molar-refractivity contribution in [1.29, 1.82) is 15.8 Å². The number of para-hydroxylation sites is 3. The van der Waals surface area contributed by atoms with E-state index in [-0.39, 0.29) is 0 Å². The zero-order valence-electron chi connectivity index (χ0n) is 26.7. The van der Waals surface area contributed by atoms with E-state index in [1.165, 1.54) is 0 Å². The molecule has 0 atom stereocenters. The van der Waals surface area contributed by atoms with Crippen molar-refractivity contribution in [1.82, 2.24) is 9.13 Å². The van der Waals surface area contributed by atoms with Crippen LogP contribution in [-0.2, 0) is 0 Å². The zero-order valence-corrected chi connectivity index (χ0v) is 26.7. The maximum absolute atomic E-state index is 10.2. The summed E-state index contributed by atoms with van der Waals surface area (Å²) in [6.45, 7) is 0. The first-order valence-electron chi connectivity index (χ1n) is 16.3. The summed E-state index contributed by atoms with van der Waals surface area (Å²) in [5, 5.41) is 33.9. The highest BCUT2D eigenvalue weighted by atomic mass is 15.0. The monoisotopic (exact) mass is 635 g/mol. The van der Waals surface area contributed by atoms with Crippen LogP contribution in [0.5, 0.6) is 0 Å². The van der Waals surface area contributed by atoms with Gasteiger partial charge in [0.05, 0.1) is 62.7 Å². The van der Waals surface area contributed by atoms with Crippen molar-refractivity contribution < 1.29 is 0 Å². The predicted octanol–water partition coefficient (Wildman–Crippen LogP) is 10.8. The third-order valence-corrected chi connectivity index (χ3v) is 9.58. The molecule has 0 aliphatic heterocycles. The van der Waals surface area contributed by atoms with Crippen molar-refractivity contribution in [2.45, 2.75) is 0 Å². The Balaban J connectivity index is 1.24. The lowest BCUT2D eigenvalue weighted by molar-refractivity contribution is 1.18. The Labute approximate surface area is 287 Å². The minimum atomic E-state index is 0.564. The molecule has 230 valence electrons. The Morgan fingerprint density at radius 3 is 1.90 bits per heavy atom. The first-order valence-corrected chi connectivity index (χ1v) is 16.3. The molecule has 0 radical (unpaired) electrons. The molecular formula is C45H25N5. The van der Waals surface area contributed by atoms with Gasteiger partial charge in [0.1, 0.15) is 0 Å². The van der Waals surface area contributed by atoms with Crippen LogP contribution in [-0.4, -0.2) is 9.13 Å². The van der Waals surface area contributed by atoms with Crippen LogP contribution in [0.1, 0.15) is 16.7 Å². The van der Waals surface area contributed by atoms with E-state index in [0.29, 0.717) is 16.7 Å². The average molecular weight is 636 g/mol. The van der Waals surface area contributed by atoms with E-state index < -0.39 is 0 Å². The molecule has 0 spiro atoms. The molecule has 0 aliphatic rings. The fraction of sp³-hybridized carbons (Fsp3) is 0. The van der Waals surface area contributed by atoms with E-state index in [4.69, 9.17) is 0 Å². The number of hydrogen-bond donors (Lipinski definition) is 0. The highest BCUT2D eigenvalue weighted by Crippen LogP contribution is 2.39. The maximum Gasteiger partial charge on any atom is 0.0998 e. The molecule has 0 fully saturated rings. The van der Waals surface area contributed by atoms with Gasteiger partial charge in [0.2, 0.25) is 0 Å². The average Bonchev–Trinajstić information content (AvgIpc) is 3.70. The van der Waals surface area contributed by atoms with Gasteiger partial charge in [-0.05, 0) is 95.6 Å².